The van der Waals surface area contributed by atoms with Gasteiger partial charge in [-0.1, -0.05) is 23.7 Å². The third-order valence-corrected chi connectivity index (χ3v) is 4.67. The summed E-state index contributed by atoms with van der Waals surface area (Å²) in [7, 11) is 0. The van der Waals surface area contributed by atoms with Crippen LogP contribution < -0.4 is 4.90 Å². The maximum Gasteiger partial charge on any atom is 0.294 e. The number of aromatic nitrogens is 2. The number of anilines is 1. The van der Waals surface area contributed by atoms with E-state index in [4.69, 9.17) is 11.6 Å². The Labute approximate surface area is 153 Å². The number of fused-ring (bicyclic) bond motifs is 1. The number of hydrogen-bond donors (Lipinski definition) is 2. The highest BCUT2D eigenvalue weighted by Crippen LogP contribution is 2.41. The van der Waals surface area contributed by atoms with E-state index in [0.717, 1.165) is 5.52 Å². The van der Waals surface area contributed by atoms with Gasteiger partial charge in [-0.25, -0.2) is 4.98 Å². The van der Waals surface area contributed by atoms with Crippen molar-refractivity contribution in [3.8, 4) is 0 Å². The molecule has 7 heteroatoms. The Bertz CT molecular complexity index is 1090. The number of rotatable bonds is 3. The quantitative estimate of drug-likeness (QED) is 0.739. The van der Waals surface area contributed by atoms with E-state index in [9.17, 15) is 14.7 Å². The highest BCUT2D eigenvalue weighted by molar-refractivity contribution is 6.30. The van der Waals surface area contributed by atoms with Gasteiger partial charge in [0.05, 0.1) is 29.0 Å². The van der Waals surface area contributed by atoms with Crippen molar-refractivity contribution in [1.82, 2.24) is 9.97 Å². The van der Waals surface area contributed by atoms with Gasteiger partial charge in [0.15, 0.2) is 11.5 Å². The number of ketones is 1. The number of carbonyl (C=O) groups is 2. The summed E-state index contributed by atoms with van der Waals surface area (Å²) in [5.74, 6) is -1.54. The van der Waals surface area contributed by atoms with Gasteiger partial charge in [-0.2, -0.15) is 0 Å². The molecule has 0 fully saturated rings. The topological polar surface area (TPSA) is 86.3 Å². The van der Waals surface area contributed by atoms with Crippen molar-refractivity contribution >= 4 is 40.0 Å². The zero-order valence-electron chi connectivity index (χ0n) is 13.7. The van der Waals surface area contributed by atoms with E-state index < -0.39 is 17.7 Å². The van der Waals surface area contributed by atoms with Crippen LogP contribution in [-0.4, -0.2) is 26.8 Å². The lowest BCUT2D eigenvalue weighted by Gasteiger charge is -2.26. The van der Waals surface area contributed by atoms with Gasteiger partial charge in [-0.3, -0.25) is 14.5 Å². The molecule has 26 heavy (non-hydrogen) atoms. The molecule has 2 heterocycles. The maximum atomic E-state index is 12.8. The second-order valence-corrected chi connectivity index (χ2v) is 6.49. The first-order chi connectivity index (χ1) is 12.5. The number of aliphatic hydroxyl groups excluding tert-OH is 1. The SMILES string of the molecule is CC(=O)C1=C(O)C(=O)N(c2ccc3[nH]cnc3c2)C1c1cccc(Cl)c1. The summed E-state index contributed by atoms with van der Waals surface area (Å²) in [5.41, 5.74) is 2.73. The summed E-state index contributed by atoms with van der Waals surface area (Å²) in [6, 6.07) is 11.4. The van der Waals surface area contributed by atoms with Gasteiger partial charge in [0.25, 0.3) is 5.91 Å². The normalized spacial score (nSPS) is 17.4. The number of Topliss-reactive ketones (excluding diaryl/α,β-unsaturated/α-hetero) is 1. The van der Waals surface area contributed by atoms with Gasteiger partial charge in [0, 0.05) is 10.7 Å². The zero-order valence-corrected chi connectivity index (χ0v) is 14.5. The van der Waals surface area contributed by atoms with Crippen molar-refractivity contribution in [3.05, 3.63) is 70.7 Å². The summed E-state index contributed by atoms with van der Waals surface area (Å²) < 4.78 is 0. The Morgan fingerprint density at radius 1 is 1.27 bits per heavy atom. The number of aliphatic hydroxyl groups is 1. The molecule has 3 aromatic rings. The largest absolute Gasteiger partial charge is 0.503 e. The van der Waals surface area contributed by atoms with Crippen LogP contribution in [0.4, 0.5) is 5.69 Å². The molecular weight excluding hydrogens is 354 g/mol. The molecule has 1 aromatic heterocycles. The summed E-state index contributed by atoms with van der Waals surface area (Å²) in [6.07, 6.45) is 1.56. The van der Waals surface area contributed by atoms with Gasteiger partial charge < -0.3 is 10.1 Å². The number of hydrogen-bond acceptors (Lipinski definition) is 4. The van der Waals surface area contributed by atoms with Gasteiger partial charge in [-0.05, 0) is 42.8 Å². The van der Waals surface area contributed by atoms with Gasteiger partial charge in [0.1, 0.15) is 0 Å². The zero-order chi connectivity index (χ0) is 18.4. The summed E-state index contributed by atoms with van der Waals surface area (Å²) >= 11 is 6.10. The monoisotopic (exact) mass is 367 g/mol. The summed E-state index contributed by atoms with van der Waals surface area (Å²) in [5, 5.41) is 10.8. The van der Waals surface area contributed by atoms with Crippen molar-refractivity contribution < 1.29 is 14.7 Å². The Morgan fingerprint density at radius 2 is 2.08 bits per heavy atom. The third kappa shape index (κ3) is 2.46. The smallest absolute Gasteiger partial charge is 0.294 e. The molecule has 1 atom stereocenters. The van der Waals surface area contributed by atoms with E-state index in [1.165, 1.54) is 11.8 Å². The average Bonchev–Trinajstić information content (AvgIpc) is 3.17. The Balaban J connectivity index is 1.91. The molecule has 0 aliphatic carbocycles. The second kappa shape index (κ2) is 6.00. The van der Waals surface area contributed by atoms with Crippen LogP contribution in [0.5, 0.6) is 0 Å². The number of amides is 1. The van der Waals surface area contributed by atoms with Gasteiger partial charge in [-0.15, -0.1) is 0 Å². The van der Waals surface area contributed by atoms with E-state index in [1.807, 2.05) is 0 Å². The number of carbonyl (C=O) groups excluding carboxylic acids is 2. The van der Waals surface area contributed by atoms with Crippen LogP contribution in [0.2, 0.25) is 5.02 Å². The first-order valence-corrected chi connectivity index (χ1v) is 8.31. The van der Waals surface area contributed by atoms with Crippen molar-refractivity contribution in [2.24, 2.45) is 0 Å². The maximum absolute atomic E-state index is 12.8. The summed E-state index contributed by atoms with van der Waals surface area (Å²) in [4.78, 5) is 33.5. The Hall–Kier alpha value is -3.12. The fraction of sp³-hybridized carbons (Fsp3) is 0.105. The predicted octanol–water partition coefficient (Wildman–Crippen LogP) is 3.71. The predicted molar refractivity (Wildman–Crippen MR) is 98.1 cm³/mol. The first kappa shape index (κ1) is 16.4. The Kier molecular flexibility index (Phi) is 3.77. The molecule has 2 N–H and O–H groups in total. The van der Waals surface area contributed by atoms with E-state index in [0.29, 0.717) is 21.8 Å². The number of aromatic amines is 1. The molecule has 0 radical (unpaired) electrons. The molecule has 0 bridgehead atoms. The van der Waals surface area contributed by atoms with Crippen molar-refractivity contribution in [2.75, 3.05) is 4.90 Å². The standard InChI is InChI=1S/C19H14ClN3O3/c1-10(24)16-17(11-3-2-4-12(20)7-11)23(19(26)18(16)25)13-5-6-14-15(8-13)22-9-21-14/h2-9,17,25H,1H3,(H,21,22). The molecular formula is C19H14ClN3O3. The number of benzene rings is 2. The Morgan fingerprint density at radius 3 is 2.81 bits per heavy atom. The molecule has 130 valence electrons. The van der Waals surface area contributed by atoms with Gasteiger partial charge >= 0.3 is 0 Å². The number of halogens is 1. The molecule has 4 rings (SSSR count). The fourth-order valence-electron chi connectivity index (χ4n) is 3.29. The molecule has 0 saturated carbocycles. The van der Waals surface area contributed by atoms with Crippen LogP contribution in [0, 0.1) is 0 Å². The molecule has 1 amide bonds. The molecule has 0 spiro atoms. The first-order valence-electron chi connectivity index (χ1n) is 7.93. The van der Waals surface area contributed by atoms with Crippen molar-refractivity contribution in [1.29, 1.82) is 0 Å². The highest BCUT2D eigenvalue weighted by atomic mass is 35.5. The molecule has 1 aliphatic rings. The minimum atomic E-state index is -0.755. The van der Waals surface area contributed by atoms with Crippen LogP contribution in [0.15, 0.2) is 60.1 Å². The average molecular weight is 368 g/mol. The third-order valence-electron chi connectivity index (χ3n) is 4.44. The molecule has 0 saturated heterocycles. The molecule has 1 unspecified atom stereocenters. The van der Waals surface area contributed by atoms with Crippen LogP contribution in [0.3, 0.4) is 0 Å². The number of nitrogens with zero attached hydrogens (tertiary/aromatic N) is 2. The molecule has 2 aromatic carbocycles. The minimum Gasteiger partial charge on any atom is -0.503 e. The van der Waals surface area contributed by atoms with Crippen molar-refractivity contribution in [3.63, 3.8) is 0 Å². The van der Waals surface area contributed by atoms with Crippen molar-refractivity contribution in [2.45, 2.75) is 13.0 Å². The highest BCUT2D eigenvalue weighted by Gasteiger charge is 2.43. The second-order valence-electron chi connectivity index (χ2n) is 6.06. The van der Waals surface area contributed by atoms with E-state index in [2.05, 4.69) is 9.97 Å². The number of nitrogens with one attached hydrogen (secondary N) is 1. The van der Waals surface area contributed by atoms with Gasteiger partial charge in [0.2, 0.25) is 0 Å². The van der Waals surface area contributed by atoms with Crippen LogP contribution >= 0.6 is 11.6 Å². The lowest BCUT2D eigenvalue weighted by molar-refractivity contribution is -0.117. The fourth-order valence-corrected chi connectivity index (χ4v) is 3.49. The lowest BCUT2D eigenvalue weighted by atomic mass is 9.96. The molecule has 6 nitrogen and oxygen atoms in total. The number of imidazole rings is 1. The van der Waals surface area contributed by atoms with E-state index >= 15 is 0 Å². The lowest BCUT2D eigenvalue weighted by Crippen LogP contribution is -2.30. The number of H-pyrrole nitrogens is 1. The van der Waals surface area contributed by atoms with Crippen LogP contribution in [0.1, 0.15) is 18.5 Å². The minimum absolute atomic E-state index is 0.0550. The van der Waals surface area contributed by atoms with E-state index in [-0.39, 0.29) is 11.4 Å². The molecule has 1 aliphatic heterocycles. The summed E-state index contributed by atoms with van der Waals surface area (Å²) in [6.45, 7) is 1.33. The van der Waals surface area contributed by atoms with Crippen LogP contribution in [0.25, 0.3) is 11.0 Å². The van der Waals surface area contributed by atoms with Crippen LogP contribution in [-0.2, 0) is 9.59 Å². The van der Waals surface area contributed by atoms with E-state index in [1.54, 1.807) is 48.8 Å².